The molecule has 1 saturated heterocycles. The first kappa shape index (κ1) is 14.9. The highest BCUT2D eigenvalue weighted by Crippen LogP contribution is 2.34. The van der Waals surface area contributed by atoms with E-state index in [1.54, 1.807) is 0 Å². The molecule has 2 fully saturated rings. The number of nitrogens with zero attached hydrogens (tertiary/aromatic N) is 1. The molecule has 1 saturated carbocycles. The van der Waals surface area contributed by atoms with Gasteiger partial charge in [-0.15, -0.1) is 0 Å². The second-order valence-electron chi connectivity index (χ2n) is 6.26. The van der Waals surface area contributed by atoms with Crippen molar-refractivity contribution in [2.24, 2.45) is 0 Å². The van der Waals surface area contributed by atoms with Crippen LogP contribution in [0.15, 0.2) is 24.3 Å². The predicted octanol–water partition coefficient (Wildman–Crippen LogP) is 3.36. The van der Waals surface area contributed by atoms with Crippen LogP contribution in [0, 0.1) is 0 Å². The highest BCUT2D eigenvalue weighted by molar-refractivity contribution is 6.30. The first-order valence-electron chi connectivity index (χ1n) is 7.95. The first-order valence-corrected chi connectivity index (χ1v) is 8.33. The standard InChI is InChI=1S/C17H23ClN2O/c1-2-17(10-3-11-19-17)16(21)20(15-8-9-15)12-13-4-6-14(18)7-5-13/h4-7,15,19H,2-3,8-12H2,1H3. The van der Waals surface area contributed by atoms with Gasteiger partial charge in [-0.1, -0.05) is 30.7 Å². The molecule has 4 heteroatoms. The molecule has 21 heavy (non-hydrogen) atoms. The van der Waals surface area contributed by atoms with Gasteiger partial charge in [0.1, 0.15) is 0 Å². The molecule has 1 unspecified atom stereocenters. The van der Waals surface area contributed by atoms with Crippen LogP contribution in [-0.2, 0) is 11.3 Å². The molecule has 0 spiro atoms. The van der Waals surface area contributed by atoms with Crippen molar-refractivity contribution in [3.63, 3.8) is 0 Å². The Hall–Kier alpha value is -1.06. The van der Waals surface area contributed by atoms with Crippen LogP contribution in [0.25, 0.3) is 0 Å². The van der Waals surface area contributed by atoms with Crippen molar-refractivity contribution in [3.05, 3.63) is 34.9 Å². The lowest BCUT2D eigenvalue weighted by molar-refractivity contribution is -0.139. The third-order valence-corrected chi connectivity index (χ3v) is 5.02. The second-order valence-corrected chi connectivity index (χ2v) is 6.69. The van der Waals surface area contributed by atoms with Gasteiger partial charge in [-0.3, -0.25) is 4.79 Å². The van der Waals surface area contributed by atoms with Gasteiger partial charge in [-0.2, -0.15) is 0 Å². The van der Waals surface area contributed by atoms with Gasteiger partial charge < -0.3 is 10.2 Å². The number of halogens is 1. The molecule has 1 atom stereocenters. The van der Waals surface area contributed by atoms with Gasteiger partial charge in [-0.25, -0.2) is 0 Å². The summed E-state index contributed by atoms with van der Waals surface area (Å²) in [5.41, 5.74) is 0.832. The topological polar surface area (TPSA) is 32.3 Å². The fraction of sp³-hybridized carbons (Fsp3) is 0.588. The molecule has 114 valence electrons. The molecular formula is C17H23ClN2O. The molecule has 1 heterocycles. The highest BCUT2D eigenvalue weighted by atomic mass is 35.5. The van der Waals surface area contributed by atoms with Crippen molar-refractivity contribution >= 4 is 17.5 Å². The molecule has 1 aromatic rings. The predicted molar refractivity (Wildman–Crippen MR) is 85.3 cm³/mol. The van der Waals surface area contributed by atoms with E-state index in [-0.39, 0.29) is 5.54 Å². The summed E-state index contributed by atoms with van der Waals surface area (Å²) in [4.78, 5) is 15.2. The van der Waals surface area contributed by atoms with E-state index >= 15 is 0 Å². The summed E-state index contributed by atoms with van der Waals surface area (Å²) in [5, 5.41) is 4.21. The largest absolute Gasteiger partial charge is 0.334 e. The number of hydrogen-bond donors (Lipinski definition) is 1. The average Bonchev–Trinajstić information content (AvgIpc) is 3.22. The van der Waals surface area contributed by atoms with Crippen LogP contribution in [0.4, 0.5) is 0 Å². The molecule has 2 aliphatic rings. The van der Waals surface area contributed by atoms with Gasteiger partial charge >= 0.3 is 0 Å². The van der Waals surface area contributed by atoms with E-state index in [0.29, 0.717) is 18.5 Å². The highest BCUT2D eigenvalue weighted by Gasteiger charge is 2.45. The van der Waals surface area contributed by atoms with E-state index < -0.39 is 0 Å². The normalized spacial score (nSPS) is 25.0. The van der Waals surface area contributed by atoms with Gasteiger partial charge in [0.15, 0.2) is 0 Å². The Balaban J connectivity index is 1.78. The maximum Gasteiger partial charge on any atom is 0.243 e. The number of carbonyl (C=O) groups excluding carboxylic acids is 1. The lowest BCUT2D eigenvalue weighted by atomic mass is 9.92. The third-order valence-electron chi connectivity index (χ3n) is 4.77. The van der Waals surface area contributed by atoms with Crippen LogP contribution < -0.4 is 5.32 Å². The zero-order chi connectivity index (χ0) is 14.9. The number of amides is 1. The van der Waals surface area contributed by atoms with Gasteiger partial charge in [0.05, 0.1) is 5.54 Å². The van der Waals surface area contributed by atoms with Gasteiger partial charge in [0, 0.05) is 17.6 Å². The fourth-order valence-corrected chi connectivity index (χ4v) is 3.38. The van der Waals surface area contributed by atoms with Crippen molar-refractivity contribution in [1.82, 2.24) is 10.2 Å². The Labute approximate surface area is 131 Å². The molecule has 1 aromatic carbocycles. The lowest BCUT2D eigenvalue weighted by Crippen LogP contribution is -2.54. The number of benzene rings is 1. The number of nitrogens with one attached hydrogen (secondary N) is 1. The molecule has 3 nitrogen and oxygen atoms in total. The Kier molecular flexibility index (Phi) is 4.23. The first-order chi connectivity index (χ1) is 10.1. The molecule has 1 aliphatic heterocycles. The Morgan fingerprint density at radius 2 is 2.10 bits per heavy atom. The lowest BCUT2D eigenvalue weighted by Gasteiger charge is -2.34. The Bertz CT molecular complexity index is 504. The summed E-state index contributed by atoms with van der Waals surface area (Å²) in [6.07, 6.45) is 5.21. The van der Waals surface area contributed by atoms with Crippen molar-refractivity contribution in [2.45, 2.75) is 57.2 Å². The molecule has 0 aromatic heterocycles. The van der Waals surface area contributed by atoms with Crippen LogP contribution in [0.5, 0.6) is 0 Å². The minimum absolute atomic E-state index is 0.292. The van der Waals surface area contributed by atoms with E-state index in [1.807, 2.05) is 24.3 Å². The minimum atomic E-state index is -0.324. The zero-order valence-electron chi connectivity index (χ0n) is 12.6. The second kappa shape index (κ2) is 5.98. The van der Waals surface area contributed by atoms with Gasteiger partial charge in [0.25, 0.3) is 0 Å². The average molecular weight is 307 g/mol. The minimum Gasteiger partial charge on any atom is -0.334 e. The van der Waals surface area contributed by atoms with E-state index in [2.05, 4.69) is 17.1 Å². The SMILES string of the molecule is CCC1(C(=O)N(Cc2ccc(Cl)cc2)C2CC2)CCCN1. The molecular weight excluding hydrogens is 284 g/mol. The molecule has 1 N–H and O–H groups in total. The molecule has 1 aliphatic carbocycles. The quantitative estimate of drug-likeness (QED) is 0.904. The van der Waals surface area contributed by atoms with Gasteiger partial charge in [0.2, 0.25) is 5.91 Å². The van der Waals surface area contributed by atoms with E-state index in [9.17, 15) is 4.79 Å². The summed E-state index contributed by atoms with van der Waals surface area (Å²) in [6.45, 7) is 3.77. The Morgan fingerprint density at radius 1 is 1.38 bits per heavy atom. The number of rotatable bonds is 5. The van der Waals surface area contributed by atoms with Crippen molar-refractivity contribution in [1.29, 1.82) is 0 Å². The van der Waals surface area contributed by atoms with Gasteiger partial charge in [-0.05, 0) is 56.3 Å². The third kappa shape index (κ3) is 3.09. The summed E-state index contributed by atoms with van der Waals surface area (Å²) >= 11 is 5.94. The smallest absolute Gasteiger partial charge is 0.243 e. The van der Waals surface area contributed by atoms with Crippen LogP contribution in [0.2, 0.25) is 5.02 Å². The fourth-order valence-electron chi connectivity index (χ4n) is 3.26. The van der Waals surface area contributed by atoms with Crippen molar-refractivity contribution in [3.8, 4) is 0 Å². The van der Waals surface area contributed by atoms with Crippen LogP contribution >= 0.6 is 11.6 Å². The molecule has 0 bridgehead atoms. The molecule has 3 rings (SSSR count). The molecule has 1 amide bonds. The maximum atomic E-state index is 13.1. The monoisotopic (exact) mass is 306 g/mol. The van der Waals surface area contributed by atoms with Crippen molar-refractivity contribution < 1.29 is 4.79 Å². The van der Waals surface area contributed by atoms with E-state index in [1.165, 1.54) is 0 Å². The number of hydrogen-bond acceptors (Lipinski definition) is 2. The van der Waals surface area contributed by atoms with Crippen LogP contribution in [0.3, 0.4) is 0 Å². The van der Waals surface area contributed by atoms with Crippen LogP contribution in [-0.4, -0.2) is 28.9 Å². The molecule has 0 radical (unpaired) electrons. The maximum absolute atomic E-state index is 13.1. The van der Waals surface area contributed by atoms with Crippen LogP contribution in [0.1, 0.15) is 44.6 Å². The zero-order valence-corrected chi connectivity index (χ0v) is 13.3. The van der Waals surface area contributed by atoms with E-state index in [0.717, 1.165) is 49.2 Å². The number of carbonyl (C=O) groups is 1. The summed E-state index contributed by atoms with van der Waals surface area (Å²) < 4.78 is 0. The summed E-state index contributed by atoms with van der Waals surface area (Å²) in [6, 6.07) is 8.27. The Morgan fingerprint density at radius 3 is 2.62 bits per heavy atom. The summed E-state index contributed by atoms with van der Waals surface area (Å²) in [7, 11) is 0. The summed E-state index contributed by atoms with van der Waals surface area (Å²) in [5.74, 6) is 0.292. The van der Waals surface area contributed by atoms with E-state index in [4.69, 9.17) is 11.6 Å². The van der Waals surface area contributed by atoms with Crippen molar-refractivity contribution in [2.75, 3.05) is 6.54 Å².